The molecule has 8 heteroatoms. The van der Waals surface area contributed by atoms with Crippen LogP contribution in [0.3, 0.4) is 0 Å². The Kier molecular flexibility index (Phi) is 7.77. The van der Waals surface area contributed by atoms with Gasteiger partial charge in [-0.2, -0.15) is 0 Å². The molecule has 0 spiro atoms. The van der Waals surface area contributed by atoms with E-state index in [9.17, 15) is 0 Å². The number of hydrogen-bond donors (Lipinski definition) is 0. The topological polar surface area (TPSA) is 46.8 Å². The highest BCUT2D eigenvalue weighted by Crippen LogP contribution is 2.43. The van der Waals surface area contributed by atoms with Gasteiger partial charge in [0.2, 0.25) is 0 Å². The van der Waals surface area contributed by atoms with Crippen LogP contribution < -0.4 is 0 Å². The maximum Gasteiger partial charge on any atom is 0.172 e. The molecule has 0 saturated heterocycles. The molecule has 1 aromatic heterocycles. The quantitative estimate of drug-likeness (QED) is 0.548. The van der Waals surface area contributed by atoms with Crippen LogP contribution in [-0.4, -0.2) is 39.2 Å². The van der Waals surface area contributed by atoms with Crippen molar-refractivity contribution in [3.05, 3.63) is 45.7 Å². The van der Waals surface area contributed by atoms with Gasteiger partial charge in [0.15, 0.2) is 5.82 Å². The van der Waals surface area contributed by atoms with Crippen molar-refractivity contribution in [3.63, 3.8) is 0 Å². The Morgan fingerprint density at radius 2 is 1.83 bits per heavy atom. The summed E-state index contributed by atoms with van der Waals surface area (Å²) in [6.45, 7) is 6.61. The van der Waals surface area contributed by atoms with E-state index >= 15 is 0 Å². The van der Waals surface area contributed by atoms with Gasteiger partial charge < -0.3 is 0 Å². The zero-order chi connectivity index (χ0) is 20.5. The van der Waals surface area contributed by atoms with Crippen molar-refractivity contribution in [2.24, 2.45) is 5.41 Å². The van der Waals surface area contributed by atoms with Crippen molar-refractivity contribution in [2.45, 2.75) is 58.0 Å². The van der Waals surface area contributed by atoms with Gasteiger partial charge in [-0.25, -0.2) is 4.68 Å². The van der Waals surface area contributed by atoms with Crippen LogP contribution in [-0.2, 0) is 5.54 Å². The summed E-state index contributed by atoms with van der Waals surface area (Å²) in [5.41, 5.74) is 0.739. The van der Waals surface area contributed by atoms with Gasteiger partial charge in [-0.3, -0.25) is 4.90 Å². The summed E-state index contributed by atoms with van der Waals surface area (Å²) in [5, 5.41) is 14.3. The first-order chi connectivity index (χ1) is 13.1. The number of aromatic nitrogens is 4. The average Bonchev–Trinajstić information content (AvgIpc) is 3.25. The molecule has 1 unspecified atom stereocenters. The van der Waals surface area contributed by atoms with Crippen LogP contribution in [0.4, 0.5) is 0 Å². The molecule has 0 aliphatic heterocycles. The molecule has 1 atom stereocenters. The summed E-state index contributed by atoms with van der Waals surface area (Å²) in [6, 6.07) is 5.53. The van der Waals surface area contributed by atoms with Crippen molar-refractivity contribution in [2.75, 3.05) is 14.1 Å². The molecule has 1 aliphatic carbocycles. The fraction of sp³-hybridized carbons (Fsp3) is 0.571. The zero-order valence-corrected chi connectivity index (χ0v) is 20.0. The van der Waals surface area contributed by atoms with E-state index in [2.05, 4.69) is 61.4 Å². The number of tetrazole rings is 1. The molecule has 0 amide bonds. The summed E-state index contributed by atoms with van der Waals surface area (Å²) in [4.78, 5) is 2.28. The second-order valence-corrected chi connectivity index (χ2v) is 9.76. The second-order valence-electron chi connectivity index (χ2n) is 8.92. The van der Waals surface area contributed by atoms with Crippen LogP contribution in [0, 0.1) is 5.41 Å². The molecular formula is C21H30Cl3N5. The first kappa shape index (κ1) is 24.1. The third kappa shape index (κ3) is 4.96. The van der Waals surface area contributed by atoms with E-state index in [0.717, 1.165) is 24.2 Å². The number of halogens is 3. The van der Waals surface area contributed by atoms with Gasteiger partial charge in [0.25, 0.3) is 0 Å². The molecule has 0 N–H and O–H groups in total. The summed E-state index contributed by atoms with van der Waals surface area (Å²) < 4.78 is 2.01. The highest BCUT2D eigenvalue weighted by Gasteiger charge is 2.44. The Hall–Kier alpha value is -1.14. The molecule has 160 valence electrons. The van der Waals surface area contributed by atoms with E-state index in [1.807, 2.05) is 22.9 Å². The molecule has 1 heterocycles. The summed E-state index contributed by atoms with van der Waals surface area (Å²) in [6.07, 6.45) is 8.72. The Labute approximate surface area is 189 Å². The molecule has 1 aromatic carbocycles. The summed E-state index contributed by atoms with van der Waals surface area (Å²) >= 11 is 12.4. The van der Waals surface area contributed by atoms with Crippen molar-refractivity contribution >= 4 is 41.7 Å². The molecule has 0 bridgehead atoms. The van der Waals surface area contributed by atoms with Gasteiger partial charge in [-0.1, -0.05) is 75.0 Å². The van der Waals surface area contributed by atoms with Gasteiger partial charge in [-0.05, 0) is 60.5 Å². The molecule has 2 aromatic rings. The molecule has 1 fully saturated rings. The Balaban J connectivity index is 0.00000300. The van der Waals surface area contributed by atoms with Gasteiger partial charge in [0, 0.05) is 10.0 Å². The fourth-order valence-electron chi connectivity index (χ4n) is 4.09. The van der Waals surface area contributed by atoms with Gasteiger partial charge in [-0.15, -0.1) is 17.5 Å². The smallest absolute Gasteiger partial charge is 0.172 e. The SMILES string of the molecule is CN(C)C1(c2nnnn2C(C=Cc2ccc(Cl)cc2Cl)C(C)(C)C)CCCC1.Cl. The fourth-order valence-corrected chi connectivity index (χ4v) is 4.56. The van der Waals surface area contributed by atoms with Crippen LogP contribution in [0.2, 0.25) is 10.0 Å². The Bertz CT molecular complexity index is 848. The normalized spacial score (nSPS) is 17.7. The number of nitrogens with zero attached hydrogens (tertiary/aromatic N) is 5. The standard InChI is InChI=1S/C21H29Cl2N5.ClH/c1-20(2,3)18(11-9-15-8-10-16(22)14-17(15)23)28-19(24-25-26-28)21(27(4)5)12-6-7-13-21;/h8-11,14,18H,6-7,12-13H2,1-5H3;1H. The third-order valence-corrected chi connectivity index (χ3v) is 6.33. The van der Waals surface area contributed by atoms with E-state index in [1.165, 1.54) is 12.8 Å². The van der Waals surface area contributed by atoms with Gasteiger partial charge in [0.1, 0.15) is 0 Å². The van der Waals surface area contributed by atoms with Crippen LogP contribution in [0.5, 0.6) is 0 Å². The third-order valence-electron chi connectivity index (χ3n) is 5.77. The van der Waals surface area contributed by atoms with E-state index in [1.54, 1.807) is 6.07 Å². The van der Waals surface area contributed by atoms with E-state index in [-0.39, 0.29) is 29.4 Å². The number of rotatable bonds is 5. The summed E-state index contributed by atoms with van der Waals surface area (Å²) in [5.74, 6) is 0.946. The Morgan fingerprint density at radius 1 is 1.17 bits per heavy atom. The van der Waals surface area contributed by atoms with Crippen LogP contribution in [0.15, 0.2) is 24.3 Å². The number of benzene rings is 1. The molecule has 1 saturated carbocycles. The van der Waals surface area contributed by atoms with Gasteiger partial charge >= 0.3 is 0 Å². The number of allylic oxidation sites excluding steroid dienone is 1. The monoisotopic (exact) mass is 457 g/mol. The highest BCUT2D eigenvalue weighted by molar-refractivity contribution is 6.35. The van der Waals surface area contributed by atoms with Crippen molar-refractivity contribution in [1.82, 2.24) is 25.1 Å². The minimum absolute atomic E-state index is 0. The van der Waals surface area contributed by atoms with E-state index in [4.69, 9.17) is 23.2 Å². The Morgan fingerprint density at radius 3 is 2.38 bits per heavy atom. The number of hydrogen-bond acceptors (Lipinski definition) is 4. The lowest BCUT2D eigenvalue weighted by molar-refractivity contribution is 0.130. The van der Waals surface area contributed by atoms with Crippen LogP contribution in [0.1, 0.15) is 63.9 Å². The summed E-state index contributed by atoms with van der Waals surface area (Å²) in [7, 11) is 4.25. The van der Waals surface area contributed by atoms with E-state index < -0.39 is 0 Å². The lowest BCUT2D eigenvalue weighted by atomic mass is 9.85. The molecule has 3 rings (SSSR count). The minimum atomic E-state index is -0.112. The largest absolute Gasteiger partial charge is 0.297 e. The molecule has 29 heavy (non-hydrogen) atoms. The predicted molar refractivity (Wildman–Crippen MR) is 123 cm³/mol. The van der Waals surface area contributed by atoms with Gasteiger partial charge in [0.05, 0.1) is 11.6 Å². The van der Waals surface area contributed by atoms with E-state index in [0.29, 0.717) is 10.0 Å². The predicted octanol–water partition coefficient (Wildman–Crippen LogP) is 6.03. The molecule has 5 nitrogen and oxygen atoms in total. The van der Waals surface area contributed by atoms with Crippen molar-refractivity contribution < 1.29 is 0 Å². The lowest BCUT2D eigenvalue weighted by Gasteiger charge is -2.37. The van der Waals surface area contributed by atoms with Crippen molar-refractivity contribution in [1.29, 1.82) is 0 Å². The first-order valence-corrected chi connectivity index (χ1v) is 10.5. The second kappa shape index (κ2) is 9.34. The maximum atomic E-state index is 6.36. The first-order valence-electron chi connectivity index (χ1n) is 9.74. The molecule has 1 aliphatic rings. The average molecular weight is 459 g/mol. The van der Waals surface area contributed by atoms with Crippen LogP contribution >= 0.6 is 35.6 Å². The maximum absolute atomic E-state index is 6.36. The zero-order valence-electron chi connectivity index (χ0n) is 17.7. The minimum Gasteiger partial charge on any atom is -0.297 e. The lowest BCUT2D eigenvalue weighted by Crippen LogP contribution is -2.42. The van der Waals surface area contributed by atoms with Crippen molar-refractivity contribution in [3.8, 4) is 0 Å². The highest BCUT2D eigenvalue weighted by atomic mass is 35.5. The van der Waals surface area contributed by atoms with Crippen LogP contribution in [0.25, 0.3) is 6.08 Å². The molecular weight excluding hydrogens is 429 g/mol. The molecule has 0 radical (unpaired) electrons.